The number of hydrogen-bond donors (Lipinski definition) is 0. The first kappa shape index (κ1) is 33.3. The highest BCUT2D eigenvalue weighted by atomic mass is 79.9. The summed E-state index contributed by atoms with van der Waals surface area (Å²) in [7, 11) is 1.07. The summed E-state index contributed by atoms with van der Waals surface area (Å²) in [4.78, 5) is 26.4. The van der Waals surface area contributed by atoms with Crippen LogP contribution in [0, 0.1) is 11.6 Å². The van der Waals surface area contributed by atoms with Gasteiger partial charge in [0.15, 0.2) is 5.82 Å². The molecule has 3 rings (SSSR count). The Balaban J connectivity index is 2.01. The first-order valence-electron chi connectivity index (χ1n) is 11.0. The molecule has 0 aliphatic rings. The summed E-state index contributed by atoms with van der Waals surface area (Å²) < 4.78 is 150. The van der Waals surface area contributed by atoms with E-state index in [1.807, 2.05) is 0 Å². The van der Waals surface area contributed by atoms with Gasteiger partial charge in [0.05, 0.1) is 38.6 Å². The predicted molar refractivity (Wildman–Crippen MR) is 135 cm³/mol. The van der Waals surface area contributed by atoms with E-state index in [0.717, 1.165) is 37.4 Å². The summed E-state index contributed by atoms with van der Waals surface area (Å²) in [6.45, 7) is 0. The van der Waals surface area contributed by atoms with Crippen LogP contribution in [-0.2, 0) is 5.67 Å². The lowest BCUT2D eigenvalue weighted by atomic mass is 9.87. The van der Waals surface area contributed by atoms with Crippen molar-refractivity contribution in [1.82, 2.24) is 0 Å². The Kier molecular flexibility index (Phi) is 9.09. The zero-order chi connectivity index (χ0) is 32.0. The van der Waals surface area contributed by atoms with Crippen LogP contribution in [0.1, 0.15) is 26.3 Å². The molecule has 3 aromatic rings. The third kappa shape index (κ3) is 5.59. The van der Waals surface area contributed by atoms with Gasteiger partial charge in [-0.2, -0.15) is 35.1 Å². The molecule has 0 N–H and O–H groups in total. The molecule has 1 unspecified atom stereocenters. The number of rotatable bonds is 6. The molecule has 17 heteroatoms. The first-order valence-corrected chi connectivity index (χ1v) is 12.5. The maximum absolute atomic E-state index is 15.4. The van der Waals surface area contributed by atoms with E-state index >= 15 is 4.39 Å². The Bertz CT molecular complexity index is 1530. The summed E-state index contributed by atoms with van der Waals surface area (Å²) in [5, 5.41) is 0. The fraction of sp³-hybridized carbons (Fsp3) is 0.200. The van der Waals surface area contributed by atoms with Crippen molar-refractivity contribution in [2.75, 3.05) is 15.9 Å². The molecule has 0 heterocycles. The van der Waals surface area contributed by atoms with E-state index in [-0.39, 0.29) is 12.1 Å². The van der Waals surface area contributed by atoms with E-state index in [2.05, 4.69) is 32.1 Å². The standard InChI is InChI=1S/C25H13Br2F11N2O2/c1-39(20(41)13-5-2-3-7-16(13)28)18-8-4-6-14(19(18)29)21(42)40(27)17-10-9-12(11-15(17)26)22(30,24(33,34)35)23(31,32)25(36,37)38/h2-11H,1H3. The molecule has 42 heavy (non-hydrogen) atoms. The molecule has 0 aliphatic carbocycles. The van der Waals surface area contributed by atoms with Gasteiger partial charge in [-0.15, -0.1) is 0 Å². The number of amides is 2. The Morgan fingerprint density at radius 1 is 0.714 bits per heavy atom. The normalized spacial score (nSPS) is 13.9. The van der Waals surface area contributed by atoms with Gasteiger partial charge in [-0.3, -0.25) is 9.59 Å². The van der Waals surface area contributed by atoms with Gasteiger partial charge in [-0.05, 0) is 52.3 Å². The van der Waals surface area contributed by atoms with Crippen LogP contribution in [0.2, 0.25) is 0 Å². The summed E-state index contributed by atoms with van der Waals surface area (Å²) in [6, 6.07) is 8.15. The zero-order valence-electron chi connectivity index (χ0n) is 20.4. The summed E-state index contributed by atoms with van der Waals surface area (Å²) >= 11 is 5.32. The van der Waals surface area contributed by atoms with E-state index in [4.69, 9.17) is 0 Å². The largest absolute Gasteiger partial charge is 0.457 e. The third-order valence-electron chi connectivity index (χ3n) is 5.89. The highest BCUT2D eigenvalue weighted by Gasteiger charge is 2.81. The van der Waals surface area contributed by atoms with Gasteiger partial charge in [-0.25, -0.2) is 17.1 Å². The highest BCUT2D eigenvalue weighted by molar-refractivity contribution is 9.11. The van der Waals surface area contributed by atoms with Crippen LogP contribution >= 0.6 is 32.1 Å². The van der Waals surface area contributed by atoms with Crippen LogP contribution in [0.4, 0.5) is 59.7 Å². The van der Waals surface area contributed by atoms with Crippen molar-refractivity contribution >= 4 is 55.3 Å². The Morgan fingerprint density at radius 3 is 1.81 bits per heavy atom. The molecule has 226 valence electrons. The monoisotopic (exact) mass is 740 g/mol. The minimum Gasteiger partial charge on any atom is -0.309 e. The molecule has 0 saturated heterocycles. The number of anilines is 2. The molecule has 0 aliphatic heterocycles. The molecule has 0 radical (unpaired) electrons. The van der Waals surface area contributed by atoms with Crippen molar-refractivity contribution in [3.05, 3.63) is 93.5 Å². The Morgan fingerprint density at radius 2 is 1.29 bits per heavy atom. The Labute approximate surface area is 246 Å². The van der Waals surface area contributed by atoms with Crippen LogP contribution in [0.25, 0.3) is 0 Å². The lowest BCUT2D eigenvalue weighted by Crippen LogP contribution is -2.59. The second-order valence-electron chi connectivity index (χ2n) is 8.46. The minimum atomic E-state index is -6.94. The van der Waals surface area contributed by atoms with Gasteiger partial charge in [0, 0.05) is 17.1 Å². The van der Waals surface area contributed by atoms with Crippen molar-refractivity contribution in [1.29, 1.82) is 0 Å². The molecule has 0 spiro atoms. The number of carbonyl (C=O) groups excluding carboxylic acids is 2. The average Bonchev–Trinajstić information content (AvgIpc) is 2.90. The van der Waals surface area contributed by atoms with Crippen molar-refractivity contribution in [2.45, 2.75) is 23.9 Å². The second kappa shape index (κ2) is 11.5. The van der Waals surface area contributed by atoms with Gasteiger partial charge >= 0.3 is 23.9 Å². The number of halogens is 13. The molecule has 0 saturated carbocycles. The van der Waals surface area contributed by atoms with Gasteiger partial charge < -0.3 is 4.90 Å². The van der Waals surface area contributed by atoms with E-state index in [9.17, 15) is 53.5 Å². The average molecular weight is 742 g/mol. The fourth-order valence-corrected chi connectivity index (χ4v) is 4.98. The van der Waals surface area contributed by atoms with Crippen LogP contribution in [0.5, 0.6) is 0 Å². The number of benzene rings is 3. The van der Waals surface area contributed by atoms with Crippen LogP contribution in [-0.4, -0.2) is 37.1 Å². The number of hydrogen-bond acceptors (Lipinski definition) is 2. The van der Waals surface area contributed by atoms with Crippen LogP contribution in [0.3, 0.4) is 0 Å². The molecule has 1 atom stereocenters. The molecule has 0 aromatic heterocycles. The number of alkyl halides is 9. The van der Waals surface area contributed by atoms with Gasteiger partial charge in [-0.1, -0.05) is 24.3 Å². The maximum atomic E-state index is 15.4. The van der Waals surface area contributed by atoms with E-state index < -0.39 is 79.9 Å². The molecule has 4 nitrogen and oxygen atoms in total. The van der Waals surface area contributed by atoms with Crippen molar-refractivity contribution < 1.29 is 57.9 Å². The molecular formula is C25H13Br2F11N2O2. The quantitative estimate of drug-likeness (QED) is 0.187. The second-order valence-corrected chi connectivity index (χ2v) is 10.0. The Hall–Kier alpha value is -3.21. The van der Waals surface area contributed by atoms with Crippen molar-refractivity contribution in [3.8, 4) is 0 Å². The summed E-state index contributed by atoms with van der Waals surface area (Å²) in [5.41, 5.74) is -10.7. The molecule has 0 fully saturated rings. The van der Waals surface area contributed by atoms with Crippen molar-refractivity contribution in [3.63, 3.8) is 0 Å². The number of nitrogens with zero attached hydrogens (tertiary/aromatic N) is 2. The topological polar surface area (TPSA) is 40.6 Å². The maximum Gasteiger partial charge on any atom is 0.457 e. The van der Waals surface area contributed by atoms with E-state index in [0.29, 0.717) is 14.9 Å². The third-order valence-corrected chi connectivity index (χ3v) is 7.23. The van der Waals surface area contributed by atoms with Crippen LogP contribution < -0.4 is 8.83 Å². The number of carbonyl (C=O) groups is 2. The van der Waals surface area contributed by atoms with Gasteiger partial charge in [0.2, 0.25) is 0 Å². The first-order chi connectivity index (χ1) is 19.2. The zero-order valence-corrected chi connectivity index (χ0v) is 23.6. The lowest BCUT2D eigenvalue weighted by Gasteiger charge is -2.36. The smallest absolute Gasteiger partial charge is 0.309 e. The minimum absolute atomic E-state index is 0.0440. The predicted octanol–water partition coefficient (Wildman–Crippen LogP) is 8.89. The van der Waals surface area contributed by atoms with E-state index in [1.54, 1.807) is 0 Å². The molecule has 3 aromatic carbocycles. The molecule has 2 amide bonds. The SMILES string of the molecule is CN(C(=O)c1ccccc1F)c1cccc(C(=O)N(Br)c2ccc(C(F)(C(F)(F)F)C(F)(F)C(F)(F)F)cc2Br)c1F. The van der Waals surface area contributed by atoms with Gasteiger partial charge in [0.1, 0.15) is 5.82 Å². The molecular weight excluding hydrogens is 729 g/mol. The molecule has 0 bridgehead atoms. The van der Waals surface area contributed by atoms with Crippen LogP contribution in [0.15, 0.2) is 65.1 Å². The van der Waals surface area contributed by atoms with Gasteiger partial charge in [0.25, 0.3) is 11.8 Å². The highest BCUT2D eigenvalue weighted by Crippen LogP contribution is 2.58. The fourth-order valence-electron chi connectivity index (χ4n) is 3.68. The summed E-state index contributed by atoms with van der Waals surface area (Å²) in [6.07, 6.45) is -13.7. The lowest BCUT2D eigenvalue weighted by molar-refractivity contribution is -0.389. The van der Waals surface area contributed by atoms with Crippen molar-refractivity contribution in [2.24, 2.45) is 0 Å². The van der Waals surface area contributed by atoms with E-state index in [1.165, 1.54) is 12.1 Å². The summed E-state index contributed by atoms with van der Waals surface area (Å²) in [5.74, 6) is -11.5.